The molecule has 1 rings (SSSR count). The molecule has 1 N–H and O–H groups in total. The van der Waals surface area contributed by atoms with Crippen molar-refractivity contribution in [1.82, 2.24) is 0 Å². The Bertz CT molecular complexity index is 642. The Balaban J connectivity index is 2.89. The number of carboxylic acid groups (broad SMARTS) is 1. The lowest BCUT2D eigenvalue weighted by molar-refractivity contribution is -0.140. The summed E-state index contributed by atoms with van der Waals surface area (Å²) in [5.41, 5.74) is -0.132. The molecule has 1 aromatic carbocycles. The van der Waals surface area contributed by atoms with Crippen molar-refractivity contribution >= 4 is 40.1 Å². The summed E-state index contributed by atoms with van der Waals surface area (Å²) >= 11 is 6.54. The standard InChI is InChI=1S/C17H19NO4S2/c1-17(11-18,9-8-14(19)20)10-13(15(21)22-2)24-16(23)12-6-4-3-5-7-12/h3-7,13H,8-10H2,1-2H3,(H,19,20). The molecule has 0 aromatic heterocycles. The fraction of sp³-hybridized carbons (Fsp3) is 0.412. The molecule has 2 atom stereocenters. The molecule has 0 spiro atoms. The van der Waals surface area contributed by atoms with Gasteiger partial charge >= 0.3 is 11.9 Å². The second kappa shape index (κ2) is 9.40. The van der Waals surface area contributed by atoms with E-state index in [1.165, 1.54) is 18.9 Å². The van der Waals surface area contributed by atoms with Crippen LogP contribution in [0.3, 0.4) is 0 Å². The highest BCUT2D eigenvalue weighted by molar-refractivity contribution is 8.24. The first-order valence-electron chi connectivity index (χ1n) is 7.28. The molecule has 0 amide bonds. The number of hydrogen-bond donors (Lipinski definition) is 1. The molecule has 0 heterocycles. The van der Waals surface area contributed by atoms with Crippen molar-refractivity contribution in [2.24, 2.45) is 5.41 Å². The van der Waals surface area contributed by atoms with E-state index in [1.807, 2.05) is 30.3 Å². The van der Waals surface area contributed by atoms with Crippen LogP contribution in [-0.2, 0) is 14.3 Å². The van der Waals surface area contributed by atoms with Crippen LogP contribution in [0.5, 0.6) is 0 Å². The van der Waals surface area contributed by atoms with E-state index in [0.717, 1.165) is 5.56 Å². The Morgan fingerprint density at radius 3 is 2.54 bits per heavy atom. The van der Waals surface area contributed by atoms with Gasteiger partial charge in [0.2, 0.25) is 0 Å². The van der Waals surface area contributed by atoms with Crippen LogP contribution >= 0.6 is 24.0 Å². The molecule has 128 valence electrons. The highest BCUT2D eigenvalue weighted by Gasteiger charge is 2.34. The van der Waals surface area contributed by atoms with Crippen LogP contribution in [0.2, 0.25) is 0 Å². The molecule has 5 nitrogen and oxygen atoms in total. The third-order valence-corrected chi connectivity index (χ3v) is 5.14. The van der Waals surface area contributed by atoms with Crippen LogP contribution in [0.15, 0.2) is 30.3 Å². The van der Waals surface area contributed by atoms with Crippen LogP contribution in [-0.4, -0.2) is 33.6 Å². The molecule has 1 aromatic rings. The summed E-state index contributed by atoms with van der Waals surface area (Å²) in [6, 6.07) is 11.4. The third-order valence-electron chi connectivity index (χ3n) is 3.52. The zero-order valence-electron chi connectivity index (χ0n) is 13.5. The number of methoxy groups -OCH3 is 1. The smallest absolute Gasteiger partial charge is 0.319 e. The van der Waals surface area contributed by atoms with Gasteiger partial charge in [0.1, 0.15) is 5.25 Å². The molecule has 24 heavy (non-hydrogen) atoms. The maximum atomic E-state index is 12.1. The van der Waals surface area contributed by atoms with E-state index in [4.69, 9.17) is 22.1 Å². The summed E-state index contributed by atoms with van der Waals surface area (Å²) in [5.74, 6) is -1.45. The minimum absolute atomic E-state index is 0.133. The van der Waals surface area contributed by atoms with Crippen molar-refractivity contribution in [1.29, 1.82) is 5.26 Å². The van der Waals surface area contributed by atoms with Gasteiger partial charge in [-0.05, 0) is 25.3 Å². The minimum Gasteiger partial charge on any atom is -0.481 e. The second-order valence-electron chi connectivity index (χ2n) is 5.55. The quantitative estimate of drug-likeness (QED) is 0.558. The van der Waals surface area contributed by atoms with Crippen molar-refractivity contribution in [2.75, 3.05) is 7.11 Å². The summed E-state index contributed by atoms with van der Waals surface area (Å²) in [6.45, 7) is 1.65. The Labute approximate surface area is 151 Å². The van der Waals surface area contributed by atoms with Gasteiger partial charge in [0.25, 0.3) is 0 Å². The molecule has 2 unspecified atom stereocenters. The van der Waals surface area contributed by atoms with Gasteiger partial charge in [-0.15, -0.1) is 0 Å². The molecule has 0 fully saturated rings. The van der Waals surface area contributed by atoms with Crippen LogP contribution < -0.4 is 0 Å². The molecule has 0 radical (unpaired) electrons. The van der Waals surface area contributed by atoms with Gasteiger partial charge in [-0.25, -0.2) is 0 Å². The Hall–Kier alpha value is -1.91. The number of nitriles is 1. The average Bonchev–Trinajstić information content (AvgIpc) is 2.59. The van der Waals surface area contributed by atoms with Crippen LogP contribution in [0.1, 0.15) is 31.7 Å². The van der Waals surface area contributed by atoms with Gasteiger partial charge in [-0.3, -0.25) is 9.59 Å². The first kappa shape index (κ1) is 20.1. The predicted octanol–water partition coefficient (Wildman–Crippen LogP) is 3.42. The van der Waals surface area contributed by atoms with E-state index in [0.29, 0.717) is 4.20 Å². The topological polar surface area (TPSA) is 87.4 Å². The first-order chi connectivity index (χ1) is 11.3. The molecular weight excluding hydrogens is 346 g/mol. The second-order valence-corrected chi connectivity index (χ2v) is 7.43. The van der Waals surface area contributed by atoms with Gasteiger partial charge in [-0.2, -0.15) is 5.26 Å². The van der Waals surface area contributed by atoms with E-state index in [9.17, 15) is 14.9 Å². The molecule has 0 aliphatic heterocycles. The summed E-state index contributed by atoms with van der Waals surface area (Å²) in [6.07, 6.45) is 0.192. The zero-order chi connectivity index (χ0) is 18.2. The molecule has 0 saturated carbocycles. The fourth-order valence-corrected chi connectivity index (χ4v) is 3.73. The van der Waals surface area contributed by atoms with E-state index in [1.54, 1.807) is 6.92 Å². The van der Waals surface area contributed by atoms with Gasteiger partial charge < -0.3 is 9.84 Å². The number of esters is 1. The van der Waals surface area contributed by atoms with Crippen molar-refractivity contribution in [3.63, 3.8) is 0 Å². The minimum atomic E-state index is -0.974. The Morgan fingerprint density at radius 1 is 1.42 bits per heavy atom. The zero-order valence-corrected chi connectivity index (χ0v) is 15.2. The number of ether oxygens (including phenoxy) is 1. The molecule has 0 bridgehead atoms. The highest BCUT2D eigenvalue weighted by atomic mass is 32.2. The van der Waals surface area contributed by atoms with E-state index < -0.39 is 22.6 Å². The molecular formula is C17H19NO4S2. The molecule has 7 heteroatoms. The van der Waals surface area contributed by atoms with Gasteiger partial charge in [0.15, 0.2) is 0 Å². The maximum absolute atomic E-state index is 12.1. The van der Waals surface area contributed by atoms with Crippen molar-refractivity contribution in [3.8, 4) is 6.07 Å². The van der Waals surface area contributed by atoms with E-state index in [-0.39, 0.29) is 19.3 Å². The first-order valence-corrected chi connectivity index (χ1v) is 8.57. The fourth-order valence-electron chi connectivity index (χ4n) is 2.07. The number of hydrogen-bond acceptors (Lipinski definition) is 6. The predicted molar refractivity (Wildman–Crippen MR) is 96.7 cm³/mol. The number of carbonyl (C=O) groups excluding carboxylic acids is 1. The number of aliphatic carboxylic acids is 1. The summed E-state index contributed by atoms with van der Waals surface area (Å²) in [4.78, 5) is 22.9. The molecule has 0 aliphatic carbocycles. The highest BCUT2D eigenvalue weighted by Crippen LogP contribution is 2.34. The lowest BCUT2D eigenvalue weighted by atomic mass is 9.82. The van der Waals surface area contributed by atoms with Crippen LogP contribution in [0.4, 0.5) is 0 Å². The summed E-state index contributed by atoms with van der Waals surface area (Å²) in [5, 5.41) is 17.6. The van der Waals surface area contributed by atoms with Crippen LogP contribution in [0.25, 0.3) is 0 Å². The number of carboxylic acids is 1. The third kappa shape index (κ3) is 6.30. The van der Waals surface area contributed by atoms with Gasteiger partial charge in [0.05, 0.1) is 22.8 Å². The number of thioether (sulfide) groups is 1. The largest absolute Gasteiger partial charge is 0.481 e. The van der Waals surface area contributed by atoms with Gasteiger partial charge in [0, 0.05) is 6.42 Å². The van der Waals surface area contributed by atoms with Crippen LogP contribution in [0, 0.1) is 16.7 Å². The lowest BCUT2D eigenvalue weighted by Crippen LogP contribution is -2.29. The van der Waals surface area contributed by atoms with Gasteiger partial charge in [-0.1, -0.05) is 54.3 Å². The summed E-state index contributed by atoms with van der Waals surface area (Å²) in [7, 11) is 1.28. The van der Waals surface area contributed by atoms with E-state index in [2.05, 4.69) is 6.07 Å². The molecule has 0 aliphatic rings. The number of rotatable bonds is 8. The van der Waals surface area contributed by atoms with Crippen molar-refractivity contribution in [3.05, 3.63) is 35.9 Å². The number of thiocarbonyl (C=S) groups is 1. The molecule has 0 saturated heterocycles. The monoisotopic (exact) mass is 365 g/mol. The SMILES string of the molecule is COC(=O)C(CC(C)(C#N)CCC(=O)O)SC(=S)c1ccccc1. The lowest BCUT2D eigenvalue weighted by Gasteiger charge is -2.25. The normalized spacial score (nSPS) is 14.0. The van der Waals surface area contributed by atoms with E-state index >= 15 is 0 Å². The number of benzene rings is 1. The summed E-state index contributed by atoms with van der Waals surface area (Å²) < 4.78 is 5.35. The Kier molecular flexibility index (Phi) is 7.89. The average molecular weight is 365 g/mol. The maximum Gasteiger partial charge on any atom is 0.319 e. The van der Waals surface area contributed by atoms with Crippen molar-refractivity contribution in [2.45, 2.75) is 31.4 Å². The Morgan fingerprint density at radius 2 is 2.04 bits per heavy atom. The number of nitrogens with zero attached hydrogens (tertiary/aromatic N) is 1. The number of carbonyl (C=O) groups is 2. The van der Waals surface area contributed by atoms with Crippen molar-refractivity contribution < 1.29 is 19.4 Å².